The first kappa shape index (κ1) is 31.9. The number of hydrogen-bond acceptors (Lipinski definition) is 10. The second-order valence-electron chi connectivity index (χ2n) is 7.91. The predicted octanol–water partition coefficient (Wildman–Crippen LogP) is 4.39. The zero-order chi connectivity index (χ0) is 29.2. The Hall–Kier alpha value is -3.36. The minimum absolute atomic E-state index is 0.185. The molecule has 1 aliphatic heterocycles. The van der Waals surface area contributed by atoms with Gasteiger partial charge in [0, 0.05) is 31.8 Å². The number of carbonyl (C=O) groups is 1. The minimum atomic E-state index is -5.35. The number of hydrogen-bond donors (Lipinski definition) is 2. The molecule has 0 spiro atoms. The quantitative estimate of drug-likeness (QED) is 0.387. The van der Waals surface area contributed by atoms with Crippen LogP contribution in [-0.4, -0.2) is 65.2 Å². The summed E-state index contributed by atoms with van der Waals surface area (Å²) in [5.74, 6) is -0.248. The van der Waals surface area contributed by atoms with Crippen LogP contribution in [0.25, 0.3) is 10.2 Å². The lowest BCUT2D eigenvalue weighted by atomic mass is 10.0. The summed E-state index contributed by atoms with van der Waals surface area (Å²) in [6, 6.07) is 7.07. The Morgan fingerprint density at radius 1 is 1.26 bits per heavy atom. The lowest BCUT2D eigenvalue weighted by Crippen LogP contribution is -2.38. The van der Waals surface area contributed by atoms with Gasteiger partial charge in [0.05, 0.1) is 14.6 Å². The van der Waals surface area contributed by atoms with Gasteiger partial charge in [0.1, 0.15) is 17.0 Å². The largest absolute Gasteiger partial charge is 0.501 e. The molecule has 3 aromatic rings. The molecular weight excluding hydrogens is 585 g/mol. The van der Waals surface area contributed by atoms with E-state index in [2.05, 4.69) is 26.8 Å². The summed E-state index contributed by atoms with van der Waals surface area (Å²) in [7, 11) is -5.35. The standard InChI is InChI=1S/C19H18ClF3N4O2S2.C3H4O2.CO2/c20-16-9-15-17(24-11-25-18(15)30-16)26-13-4-6-27(7-5-13)10-12-2-1-3-14(8-12)31(28,29)19(21,22)23;1-2-3(4)5;2-1-3/h1-3,8-9,11,13H,4-7,10H2,(H,24,25,26);2H,1H2,(H,4,5);. The number of nitrogens with zero attached hydrogens (tertiary/aromatic N) is 3. The summed E-state index contributed by atoms with van der Waals surface area (Å²) in [5.41, 5.74) is -4.78. The van der Waals surface area contributed by atoms with Crippen molar-refractivity contribution in [3.8, 4) is 0 Å². The fourth-order valence-electron chi connectivity index (χ4n) is 3.57. The van der Waals surface area contributed by atoms with Crippen LogP contribution in [0.1, 0.15) is 18.4 Å². The molecule has 10 nitrogen and oxygen atoms in total. The Kier molecular flexibility index (Phi) is 11.6. The summed E-state index contributed by atoms with van der Waals surface area (Å²) in [5, 5.41) is 11.9. The summed E-state index contributed by atoms with van der Waals surface area (Å²) in [4.78, 5) is 36.2. The number of anilines is 1. The zero-order valence-corrected chi connectivity index (χ0v) is 22.4. The third-order valence-electron chi connectivity index (χ3n) is 5.32. The van der Waals surface area contributed by atoms with E-state index in [0.29, 0.717) is 29.5 Å². The number of piperidine rings is 1. The summed E-state index contributed by atoms with van der Waals surface area (Å²) in [6.07, 6.45) is 4.20. The average Bonchev–Trinajstić information content (AvgIpc) is 3.27. The van der Waals surface area contributed by atoms with Crippen molar-refractivity contribution >= 4 is 60.9 Å². The maximum atomic E-state index is 12.8. The van der Waals surface area contributed by atoms with E-state index in [1.54, 1.807) is 6.07 Å². The first-order valence-corrected chi connectivity index (χ1v) is 13.6. The van der Waals surface area contributed by atoms with E-state index in [-0.39, 0.29) is 12.2 Å². The molecule has 0 amide bonds. The topological polar surface area (TPSA) is 147 Å². The number of carbonyl (C=O) groups excluding carboxylic acids is 2. The van der Waals surface area contributed by atoms with E-state index in [9.17, 15) is 26.4 Å². The molecule has 1 aliphatic rings. The molecule has 1 saturated heterocycles. The van der Waals surface area contributed by atoms with Crippen molar-refractivity contribution < 1.29 is 41.1 Å². The monoisotopic (exact) mass is 606 g/mol. The highest BCUT2D eigenvalue weighted by Gasteiger charge is 2.46. The number of alkyl halides is 3. The molecular formula is C23H22ClF3N4O6S2. The summed E-state index contributed by atoms with van der Waals surface area (Å²) in [6.45, 7) is 4.77. The number of rotatable bonds is 6. The first-order chi connectivity index (χ1) is 18.3. The molecule has 0 saturated carbocycles. The van der Waals surface area contributed by atoms with Crippen LogP contribution in [0.4, 0.5) is 19.0 Å². The second-order valence-corrected chi connectivity index (χ2v) is 11.5. The van der Waals surface area contributed by atoms with Gasteiger partial charge < -0.3 is 10.4 Å². The SMILES string of the molecule is C=CC(=O)O.O=C=O.O=S(=O)(c1cccc(CN2CCC(Nc3ncnc4sc(Cl)cc34)CC2)c1)C(F)(F)F. The maximum absolute atomic E-state index is 12.8. The van der Waals surface area contributed by atoms with Crippen LogP contribution in [-0.2, 0) is 30.8 Å². The number of benzene rings is 1. The maximum Gasteiger partial charge on any atom is 0.501 e. The molecule has 0 unspecified atom stereocenters. The number of aliphatic carboxylic acids is 1. The van der Waals surface area contributed by atoms with Crippen molar-refractivity contribution in [2.45, 2.75) is 35.8 Å². The molecule has 4 rings (SSSR count). The molecule has 39 heavy (non-hydrogen) atoms. The third kappa shape index (κ3) is 9.11. The van der Waals surface area contributed by atoms with Gasteiger partial charge >= 0.3 is 17.6 Å². The smallest absolute Gasteiger partial charge is 0.478 e. The van der Waals surface area contributed by atoms with Crippen LogP contribution in [0.5, 0.6) is 0 Å². The number of nitrogens with one attached hydrogen (secondary N) is 1. The van der Waals surface area contributed by atoms with Gasteiger partial charge in [0.25, 0.3) is 9.84 Å². The van der Waals surface area contributed by atoms with Gasteiger partial charge in [-0.2, -0.15) is 22.8 Å². The van der Waals surface area contributed by atoms with Gasteiger partial charge in [-0.3, -0.25) is 4.90 Å². The average molecular weight is 607 g/mol. The van der Waals surface area contributed by atoms with Gasteiger partial charge in [-0.25, -0.2) is 23.2 Å². The predicted molar refractivity (Wildman–Crippen MR) is 137 cm³/mol. The fourth-order valence-corrected chi connectivity index (χ4v) is 5.46. The molecule has 16 heteroatoms. The van der Waals surface area contributed by atoms with Gasteiger partial charge in [0.2, 0.25) is 0 Å². The third-order valence-corrected chi connectivity index (χ3v) is 7.98. The van der Waals surface area contributed by atoms with Crippen LogP contribution in [0.2, 0.25) is 4.34 Å². The Bertz CT molecular complexity index is 1440. The van der Waals surface area contributed by atoms with Crippen molar-refractivity contribution in [3.05, 3.63) is 59.2 Å². The molecule has 0 bridgehead atoms. The Morgan fingerprint density at radius 2 is 1.87 bits per heavy atom. The molecule has 1 aromatic carbocycles. The highest BCUT2D eigenvalue weighted by Crippen LogP contribution is 2.33. The van der Waals surface area contributed by atoms with Crippen molar-refractivity contribution in [3.63, 3.8) is 0 Å². The van der Waals surface area contributed by atoms with Crippen LogP contribution in [0.3, 0.4) is 0 Å². The van der Waals surface area contributed by atoms with Crippen molar-refractivity contribution in [1.82, 2.24) is 14.9 Å². The summed E-state index contributed by atoms with van der Waals surface area (Å²) >= 11 is 7.46. The van der Waals surface area contributed by atoms with Crippen molar-refractivity contribution in [2.24, 2.45) is 0 Å². The second kappa shape index (κ2) is 14.1. The Morgan fingerprint density at radius 3 is 2.44 bits per heavy atom. The summed E-state index contributed by atoms with van der Waals surface area (Å²) < 4.78 is 62.4. The number of likely N-dealkylation sites (tertiary alicyclic amines) is 1. The van der Waals surface area contributed by atoms with E-state index >= 15 is 0 Å². The number of carboxylic acid groups (broad SMARTS) is 1. The van der Waals surface area contributed by atoms with E-state index in [1.807, 2.05) is 6.07 Å². The Labute approximate surface area is 230 Å². The number of carboxylic acids is 1. The zero-order valence-electron chi connectivity index (χ0n) is 20.0. The Balaban J connectivity index is 0.000000590. The molecule has 0 radical (unpaired) electrons. The van der Waals surface area contributed by atoms with Crippen LogP contribution in [0, 0.1) is 0 Å². The molecule has 1 fully saturated rings. The van der Waals surface area contributed by atoms with Crippen LogP contribution in [0.15, 0.2) is 54.2 Å². The van der Waals surface area contributed by atoms with Gasteiger partial charge in [-0.05, 0) is 36.6 Å². The lowest BCUT2D eigenvalue weighted by Gasteiger charge is -2.32. The van der Waals surface area contributed by atoms with E-state index in [1.165, 1.54) is 23.7 Å². The van der Waals surface area contributed by atoms with E-state index < -0.39 is 26.2 Å². The van der Waals surface area contributed by atoms with Crippen LogP contribution >= 0.6 is 22.9 Å². The molecule has 2 N–H and O–H groups in total. The van der Waals surface area contributed by atoms with Gasteiger partial charge in [0.15, 0.2) is 0 Å². The number of halogens is 4. The van der Waals surface area contributed by atoms with Gasteiger partial charge in [-0.15, -0.1) is 11.3 Å². The highest BCUT2D eigenvalue weighted by atomic mass is 35.5. The normalized spacial score (nSPS) is 14.3. The molecule has 210 valence electrons. The van der Waals surface area contributed by atoms with Crippen LogP contribution < -0.4 is 5.32 Å². The first-order valence-electron chi connectivity index (χ1n) is 11.0. The van der Waals surface area contributed by atoms with E-state index in [0.717, 1.165) is 47.1 Å². The molecule has 0 aliphatic carbocycles. The highest BCUT2D eigenvalue weighted by molar-refractivity contribution is 7.92. The molecule has 3 heterocycles. The van der Waals surface area contributed by atoms with E-state index in [4.69, 9.17) is 26.3 Å². The minimum Gasteiger partial charge on any atom is -0.478 e. The van der Waals surface area contributed by atoms with Gasteiger partial charge in [-0.1, -0.05) is 30.3 Å². The number of aromatic nitrogens is 2. The van der Waals surface area contributed by atoms with Crippen molar-refractivity contribution in [2.75, 3.05) is 18.4 Å². The number of thiophene rings is 1. The fraction of sp³-hybridized carbons (Fsp3) is 0.304. The molecule has 0 atom stereocenters. The lowest BCUT2D eigenvalue weighted by molar-refractivity contribution is -0.191. The number of fused-ring (bicyclic) bond motifs is 1. The number of sulfone groups is 1. The van der Waals surface area contributed by atoms with Crippen molar-refractivity contribution in [1.29, 1.82) is 0 Å². The molecule has 2 aromatic heterocycles.